The van der Waals surface area contributed by atoms with Crippen molar-refractivity contribution in [3.8, 4) is 0 Å². The molecule has 6 heteroatoms. The molecule has 0 aromatic rings. The van der Waals surface area contributed by atoms with Gasteiger partial charge in [-0.1, -0.05) is 67.2 Å². The van der Waals surface area contributed by atoms with Crippen LogP contribution in [-0.4, -0.2) is 62.9 Å². The Morgan fingerprint density at radius 2 is 1.51 bits per heavy atom. The Labute approximate surface area is 228 Å². The number of nitrogens with zero attached hydrogens (tertiary/aromatic N) is 1. The van der Waals surface area contributed by atoms with E-state index >= 15 is 0 Å². The fourth-order valence-electron chi connectivity index (χ4n) is 4.78. The summed E-state index contributed by atoms with van der Waals surface area (Å²) in [5.41, 5.74) is -1.12. The minimum Gasteiger partial charge on any atom is -0.464 e. The predicted octanol–water partition coefficient (Wildman–Crippen LogP) is 6.90. The zero-order valence-corrected chi connectivity index (χ0v) is 25.5. The topological polar surface area (TPSA) is 65.1 Å². The first-order valence-corrected chi connectivity index (χ1v) is 15.2. The van der Waals surface area contributed by atoms with Crippen LogP contribution in [0.15, 0.2) is 0 Å². The first-order valence-electron chi connectivity index (χ1n) is 15.2. The fourth-order valence-corrected chi connectivity index (χ4v) is 4.78. The minimum atomic E-state index is -0.613. The van der Waals surface area contributed by atoms with Crippen molar-refractivity contribution < 1.29 is 23.8 Å². The number of hydrogen-bond acceptors (Lipinski definition) is 6. The fraction of sp³-hybridized carbons (Fsp3) is 0.935. The van der Waals surface area contributed by atoms with Crippen LogP contribution < -0.4 is 0 Å². The van der Waals surface area contributed by atoms with Gasteiger partial charge >= 0.3 is 11.9 Å². The number of ether oxygens (including phenoxy) is 3. The molecule has 0 radical (unpaired) electrons. The summed E-state index contributed by atoms with van der Waals surface area (Å²) in [5.74, 6) is 0.568. The maximum atomic E-state index is 13.3. The number of rotatable bonds is 22. The Morgan fingerprint density at radius 1 is 0.892 bits per heavy atom. The van der Waals surface area contributed by atoms with Crippen molar-refractivity contribution in [1.29, 1.82) is 0 Å². The third-order valence-corrected chi connectivity index (χ3v) is 8.39. The molecule has 0 N–H and O–H groups in total. The van der Waals surface area contributed by atoms with E-state index < -0.39 is 10.8 Å². The lowest BCUT2D eigenvalue weighted by Crippen LogP contribution is -2.38. The van der Waals surface area contributed by atoms with E-state index in [1.165, 1.54) is 38.5 Å². The smallest absolute Gasteiger partial charge is 0.312 e. The molecule has 0 bridgehead atoms. The molecule has 6 nitrogen and oxygen atoms in total. The van der Waals surface area contributed by atoms with E-state index in [1.807, 2.05) is 13.8 Å². The molecule has 0 aromatic carbocycles. The summed E-state index contributed by atoms with van der Waals surface area (Å²) in [4.78, 5) is 28.5. The Hall–Kier alpha value is -1.14. The Morgan fingerprint density at radius 3 is 2.05 bits per heavy atom. The molecule has 0 amide bonds. The maximum Gasteiger partial charge on any atom is 0.312 e. The van der Waals surface area contributed by atoms with Crippen LogP contribution in [0.4, 0.5) is 0 Å². The van der Waals surface area contributed by atoms with E-state index in [0.29, 0.717) is 32.2 Å². The van der Waals surface area contributed by atoms with Gasteiger partial charge < -0.3 is 14.2 Å². The van der Waals surface area contributed by atoms with Crippen LogP contribution in [0.5, 0.6) is 0 Å². The van der Waals surface area contributed by atoms with E-state index in [0.717, 1.165) is 32.5 Å². The SMILES string of the molecule is CCCCCN(CCCCC)CCOC(=O)C(C)(CC1CC1(C)C(=O)OCCOCCC(C)C)C(C)C. The Kier molecular flexibility index (Phi) is 16.0. The minimum absolute atomic E-state index is 0.125. The zero-order chi connectivity index (χ0) is 27.9. The maximum absolute atomic E-state index is 13.3. The lowest BCUT2D eigenvalue weighted by atomic mass is 9.74. The van der Waals surface area contributed by atoms with Crippen molar-refractivity contribution in [1.82, 2.24) is 4.90 Å². The van der Waals surface area contributed by atoms with Gasteiger partial charge in [-0.15, -0.1) is 0 Å². The third-order valence-electron chi connectivity index (χ3n) is 8.39. The van der Waals surface area contributed by atoms with Crippen molar-refractivity contribution in [2.75, 3.05) is 46.1 Å². The van der Waals surface area contributed by atoms with Crippen LogP contribution in [0.25, 0.3) is 0 Å². The molecule has 1 rings (SSSR count). The highest BCUT2D eigenvalue weighted by molar-refractivity contribution is 5.81. The van der Waals surface area contributed by atoms with Crippen molar-refractivity contribution in [3.63, 3.8) is 0 Å². The number of hydrogen-bond donors (Lipinski definition) is 0. The van der Waals surface area contributed by atoms with Crippen molar-refractivity contribution in [2.45, 2.75) is 113 Å². The standard InChI is InChI=1S/C31H59NO5/c1-9-11-13-16-32(17-14-12-10-2)18-20-36-28(33)30(7,26(5)6)23-27-24-31(27,8)29(34)37-22-21-35-19-15-25(3)4/h25-27H,9-24H2,1-8H3. The predicted molar refractivity (Wildman–Crippen MR) is 151 cm³/mol. The quantitative estimate of drug-likeness (QED) is 0.113. The van der Waals surface area contributed by atoms with Gasteiger partial charge in [0.25, 0.3) is 0 Å². The van der Waals surface area contributed by atoms with Crippen LogP contribution in [0.2, 0.25) is 0 Å². The molecule has 0 heterocycles. The van der Waals surface area contributed by atoms with Gasteiger partial charge in [0.15, 0.2) is 0 Å². The zero-order valence-electron chi connectivity index (χ0n) is 25.5. The van der Waals surface area contributed by atoms with E-state index in [-0.39, 0.29) is 30.4 Å². The van der Waals surface area contributed by atoms with Crippen LogP contribution in [-0.2, 0) is 23.8 Å². The van der Waals surface area contributed by atoms with Gasteiger partial charge in [0.1, 0.15) is 13.2 Å². The molecular formula is C31H59NO5. The molecule has 0 saturated heterocycles. The second-order valence-electron chi connectivity index (χ2n) is 12.4. The Balaban J connectivity index is 2.53. The molecule has 0 aliphatic heterocycles. The van der Waals surface area contributed by atoms with Gasteiger partial charge in [0, 0.05) is 13.2 Å². The summed E-state index contributed by atoms with van der Waals surface area (Å²) in [7, 11) is 0. The average molecular weight is 526 g/mol. The molecule has 3 unspecified atom stereocenters. The normalized spacial score (nSPS) is 20.9. The van der Waals surface area contributed by atoms with Crippen LogP contribution in [0, 0.1) is 28.6 Å². The second kappa shape index (κ2) is 17.4. The lowest BCUT2D eigenvalue weighted by molar-refractivity contribution is -0.160. The molecule has 1 aliphatic carbocycles. The van der Waals surface area contributed by atoms with Crippen LogP contribution in [0.3, 0.4) is 0 Å². The van der Waals surface area contributed by atoms with Gasteiger partial charge in [-0.25, -0.2) is 0 Å². The van der Waals surface area contributed by atoms with Crippen molar-refractivity contribution in [3.05, 3.63) is 0 Å². The highest BCUT2D eigenvalue weighted by Crippen LogP contribution is 2.58. The Bertz CT molecular complexity index is 642. The van der Waals surface area contributed by atoms with E-state index in [2.05, 4.69) is 46.4 Å². The summed E-state index contributed by atoms with van der Waals surface area (Å²) in [6.07, 6.45) is 9.71. The number of esters is 2. The first-order chi connectivity index (χ1) is 17.5. The van der Waals surface area contributed by atoms with Gasteiger partial charge in [0.05, 0.1) is 17.4 Å². The summed E-state index contributed by atoms with van der Waals surface area (Å²) < 4.78 is 17.0. The summed E-state index contributed by atoms with van der Waals surface area (Å²) in [6.45, 7) is 21.7. The first kappa shape index (κ1) is 33.9. The molecule has 1 aliphatic rings. The van der Waals surface area contributed by atoms with Gasteiger partial charge in [-0.2, -0.15) is 0 Å². The van der Waals surface area contributed by atoms with Crippen molar-refractivity contribution in [2.24, 2.45) is 28.6 Å². The molecule has 0 spiro atoms. The lowest BCUT2D eigenvalue weighted by Gasteiger charge is -2.32. The molecule has 0 aromatic heterocycles. The molecule has 218 valence electrons. The molecule has 37 heavy (non-hydrogen) atoms. The summed E-state index contributed by atoms with van der Waals surface area (Å²) >= 11 is 0. The monoisotopic (exact) mass is 525 g/mol. The van der Waals surface area contributed by atoms with E-state index in [9.17, 15) is 9.59 Å². The van der Waals surface area contributed by atoms with Crippen LogP contribution >= 0.6 is 0 Å². The highest BCUT2D eigenvalue weighted by Gasteiger charge is 2.60. The van der Waals surface area contributed by atoms with E-state index in [4.69, 9.17) is 14.2 Å². The third kappa shape index (κ3) is 12.1. The highest BCUT2D eigenvalue weighted by atomic mass is 16.6. The van der Waals surface area contributed by atoms with Gasteiger partial charge in [-0.3, -0.25) is 14.5 Å². The average Bonchev–Trinajstić information content (AvgIpc) is 3.50. The summed E-state index contributed by atoms with van der Waals surface area (Å²) in [5, 5.41) is 0. The number of unbranched alkanes of at least 4 members (excludes halogenated alkanes) is 4. The number of carbonyl (C=O) groups excluding carboxylic acids is 2. The molecule has 3 atom stereocenters. The largest absolute Gasteiger partial charge is 0.464 e. The molecular weight excluding hydrogens is 466 g/mol. The van der Waals surface area contributed by atoms with Gasteiger partial charge in [0.2, 0.25) is 0 Å². The molecule has 1 fully saturated rings. The second-order valence-corrected chi connectivity index (χ2v) is 12.4. The van der Waals surface area contributed by atoms with Crippen LogP contribution in [0.1, 0.15) is 113 Å². The number of carbonyl (C=O) groups is 2. The van der Waals surface area contributed by atoms with Crippen molar-refractivity contribution >= 4 is 11.9 Å². The van der Waals surface area contributed by atoms with E-state index in [1.54, 1.807) is 0 Å². The molecule has 1 saturated carbocycles. The van der Waals surface area contributed by atoms with Gasteiger partial charge in [-0.05, 0) is 76.8 Å². The summed E-state index contributed by atoms with van der Waals surface area (Å²) in [6, 6.07) is 0.